The Kier molecular flexibility index (Phi) is 4.96. The highest BCUT2D eigenvalue weighted by atomic mass is 32.2. The highest BCUT2D eigenvalue weighted by Crippen LogP contribution is 2.46. The minimum absolute atomic E-state index is 0.0854. The van der Waals surface area contributed by atoms with Gasteiger partial charge >= 0.3 is 0 Å². The smallest absolute Gasteiger partial charge is 0.224 e. The number of aromatic nitrogens is 3. The third-order valence-electron chi connectivity index (χ3n) is 5.98. The van der Waals surface area contributed by atoms with Gasteiger partial charge in [0.1, 0.15) is 12.7 Å². The highest BCUT2D eigenvalue weighted by Gasteiger charge is 2.50. The molecule has 4 rings (SSSR count). The maximum absolute atomic E-state index is 13.1. The molecule has 0 aliphatic carbocycles. The van der Waals surface area contributed by atoms with Gasteiger partial charge in [-0.05, 0) is 24.0 Å². The van der Waals surface area contributed by atoms with Crippen molar-refractivity contribution in [3.63, 3.8) is 0 Å². The lowest BCUT2D eigenvalue weighted by Crippen LogP contribution is -2.37. The molecule has 2 saturated heterocycles. The predicted octanol–water partition coefficient (Wildman–Crippen LogP) is 1.07. The zero-order valence-electron chi connectivity index (χ0n) is 16.1. The summed E-state index contributed by atoms with van der Waals surface area (Å²) in [6.07, 6.45) is 4.85. The minimum Gasteiger partial charge on any atom is -0.335 e. The Bertz CT molecular complexity index is 960. The van der Waals surface area contributed by atoms with Crippen LogP contribution >= 0.6 is 0 Å². The lowest BCUT2D eigenvalue weighted by atomic mass is 9.87. The quantitative estimate of drug-likeness (QED) is 0.745. The number of amides is 1. The van der Waals surface area contributed by atoms with Crippen LogP contribution in [0.5, 0.6) is 0 Å². The van der Waals surface area contributed by atoms with Crippen molar-refractivity contribution in [2.24, 2.45) is 11.8 Å². The van der Waals surface area contributed by atoms with Crippen molar-refractivity contribution < 1.29 is 13.2 Å². The molecular formula is C19H25N5O3S. The van der Waals surface area contributed by atoms with E-state index >= 15 is 0 Å². The van der Waals surface area contributed by atoms with E-state index in [0.717, 1.165) is 11.1 Å². The van der Waals surface area contributed by atoms with Crippen LogP contribution in [-0.2, 0) is 21.4 Å². The standard InChI is InChI=1S/C19H25N5O3S/c1-14-5-3-4-6-16(14)19-17-11-23(28(2,26)27)9-15(17)10-24(19)18(25)7-8-22-12-20-21-13-22/h3-6,12-13,15,17,19H,7-11H2,1-2H3/t15-,17-,19+/m0/s1. The molecule has 0 bridgehead atoms. The van der Waals surface area contributed by atoms with Gasteiger partial charge in [-0.3, -0.25) is 4.79 Å². The molecule has 1 aromatic carbocycles. The summed E-state index contributed by atoms with van der Waals surface area (Å²) in [5.74, 6) is 0.370. The van der Waals surface area contributed by atoms with E-state index in [-0.39, 0.29) is 23.8 Å². The predicted molar refractivity (Wildman–Crippen MR) is 104 cm³/mol. The van der Waals surface area contributed by atoms with Gasteiger partial charge in [0.25, 0.3) is 0 Å². The van der Waals surface area contributed by atoms with Gasteiger partial charge in [-0.15, -0.1) is 10.2 Å². The van der Waals surface area contributed by atoms with Crippen LogP contribution in [0.4, 0.5) is 0 Å². The van der Waals surface area contributed by atoms with Crippen molar-refractivity contribution in [1.82, 2.24) is 24.0 Å². The van der Waals surface area contributed by atoms with Crippen molar-refractivity contribution in [1.29, 1.82) is 0 Å². The molecule has 3 heterocycles. The van der Waals surface area contributed by atoms with Crippen molar-refractivity contribution in [2.45, 2.75) is 25.9 Å². The first-order valence-corrected chi connectivity index (χ1v) is 11.3. The summed E-state index contributed by atoms with van der Waals surface area (Å²) in [6.45, 7) is 4.13. The Balaban J connectivity index is 1.59. The van der Waals surface area contributed by atoms with Crippen LogP contribution in [0.1, 0.15) is 23.6 Å². The Hall–Kier alpha value is -2.26. The lowest BCUT2D eigenvalue weighted by molar-refractivity contribution is -0.133. The fourth-order valence-electron chi connectivity index (χ4n) is 4.55. The topological polar surface area (TPSA) is 88.4 Å². The van der Waals surface area contributed by atoms with Crippen LogP contribution in [0, 0.1) is 18.8 Å². The average molecular weight is 404 g/mol. The van der Waals surface area contributed by atoms with E-state index in [9.17, 15) is 13.2 Å². The van der Waals surface area contributed by atoms with E-state index in [1.807, 2.05) is 30.0 Å². The van der Waals surface area contributed by atoms with Crippen molar-refractivity contribution in [2.75, 3.05) is 25.9 Å². The van der Waals surface area contributed by atoms with Gasteiger partial charge < -0.3 is 9.47 Å². The fraction of sp³-hybridized carbons (Fsp3) is 0.526. The minimum atomic E-state index is -3.23. The van der Waals surface area contributed by atoms with Gasteiger partial charge in [0.15, 0.2) is 0 Å². The van der Waals surface area contributed by atoms with Gasteiger partial charge in [-0.2, -0.15) is 0 Å². The van der Waals surface area contributed by atoms with Crippen molar-refractivity contribution in [3.8, 4) is 0 Å². The lowest BCUT2D eigenvalue weighted by Gasteiger charge is -2.30. The molecule has 3 atom stereocenters. The number of fused-ring (bicyclic) bond motifs is 1. The molecule has 0 saturated carbocycles. The van der Waals surface area contributed by atoms with E-state index in [1.54, 1.807) is 21.5 Å². The number of nitrogens with zero attached hydrogens (tertiary/aromatic N) is 5. The first-order chi connectivity index (χ1) is 13.3. The molecule has 9 heteroatoms. The summed E-state index contributed by atoms with van der Waals surface area (Å²) in [6, 6.07) is 7.99. The molecule has 1 amide bonds. The van der Waals surface area contributed by atoms with Crippen molar-refractivity contribution in [3.05, 3.63) is 48.0 Å². The number of aryl methyl sites for hydroxylation is 2. The average Bonchev–Trinajstić information content (AvgIpc) is 3.35. The molecule has 0 radical (unpaired) electrons. The highest BCUT2D eigenvalue weighted by molar-refractivity contribution is 7.88. The van der Waals surface area contributed by atoms with Crippen LogP contribution in [0.15, 0.2) is 36.9 Å². The molecule has 2 aromatic rings. The van der Waals surface area contributed by atoms with Crippen LogP contribution < -0.4 is 0 Å². The molecule has 150 valence electrons. The SMILES string of the molecule is Cc1ccccc1[C@@H]1[C@H]2CN(S(C)(=O)=O)C[C@H]2CN1C(=O)CCn1cnnc1. The Morgan fingerprint density at radius 3 is 2.54 bits per heavy atom. The Morgan fingerprint density at radius 1 is 1.14 bits per heavy atom. The van der Waals surface area contributed by atoms with E-state index in [4.69, 9.17) is 0 Å². The summed E-state index contributed by atoms with van der Waals surface area (Å²) in [4.78, 5) is 15.0. The van der Waals surface area contributed by atoms with Gasteiger partial charge in [0.2, 0.25) is 15.9 Å². The number of sulfonamides is 1. The molecule has 0 N–H and O–H groups in total. The van der Waals surface area contributed by atoms with E-state index in [2.05, 4.69) is 16.3 Å². The molecule has 28 heavy (non-hydrogen) atoms. The Labute approximate surface area is 165 Å². The molecule has 8 nitrogen and oxygen atoms in total. The number of carbonyl (C=O) groups is 1. The van der Waals surface area contributed by atoms with Crippen LogP contribution in [0.3, 0.4) is 0 Å². The number of likely N-dealkylation sites (tertiary alicyclic amines) is 1. The number of benzene rings is 1. The zero-order valence-corrected chi connectivity index (χ0v) is 16.9. The van der Waals surface area contributed by atoms with Crippen LogP contribution in [-0.4, -0.2) is 64.2 Å². The molecule has 2 aliphatic rings. The summed E-state index contributed by atoms with van der Waals surface area (Å²) >= 11 is 0. The first kappa shape index (κ1) is 19.1. The summed E-state index contributed by atoms with van der Waals surface area (Å²) in [5.41, 5.74) is 2.24. The normalized spacial score (nSPS) is 25.2. The molecular weight excluding hydrogens is 378 g/mol. The van der Waals surface area contributed by atoms with E-state index in [0.29, 0.717) is 32.6 Å². The summed E-state index contributed by atoms with van der Waals surface area (Å²) < 4.78 is 27.5. The van der Waals surface area contributed by atoms with E-state index < -0.39 is 10.0 Å². The first-order valence-electron chi connectivity index (χ1n) is 9.47. The number of carbonyl (C=O) groups excluding carboxylic acids is 1. The molecule has 0 spiro atoms. The van der Waals surface area contributed by atoms with Crippen molar-refractivity contribution >= 4 is 15.9 Å². The molecule has 0 unspecified atom stereocenters. The number of rotatable bonds is 5. The summed E-state index contributed by atoms with van der Waals surface area (Å²) in [5, 5.41) is 7.55. The fourth-order valence-corrected chi connectivity index (χ4v) is 5.46. The van der Waals surface area contributed by atoms with E-state index in [1.165, 1.54) is 6.26 Å². The second kappa shape index (κ2) is 7.29. The maximum Gasteiger partial charge on any atom is 0.224 e. The monoisotopic (exact) mass is 403 g/mol. The number of hydrogen-bond acceptors (Lipinski definition) is 5. The zero-order chi connectivity index (χ0) is 19.9. The van der Waals surface area contributed by atoms with Crippen LogP contribution in [0.25, 0.3) is 0 Å². The third kappa shape index (κ3) is 3.56. The largest absolute Gasteiger partial charge is 0.335 e. The molecule has 1 aromatic heterocycles. The maximum atomic E-state index is 13.1. The third-order valence-corrected chi connectivity index (χ3v) is 7.21. The summed E-state index contributed by atoms with van der Waals surface area (Å²) in [7, 11) is -3.23. The van der Waals surface area contributed by atoms with Gasteiger partial charge in [-0.1, -0.05) is 24.3 Å². The second-order valence-corrected chi connectivity index (χ2v) is 9.78. The van der Waals surface area contributed by atoms with Crippen LogP contribution in [0.2, 0.25) is 0 Å². The number of hydrogen-bond donors (Lipinski definition) is 0. The second-order valence-electron chi connectivity index (χ2n) is 7.80. The molecule has 2 aliphatic heterocycles. The Morgan fingerprint density at radius 2 is 1.86 bits per heavy atom. The van der Waals surface area contributed by atoms with Gasteiger partial charge in [0.05, 0.1) is 12.3 Å². The molecule has 2 fully saturated rings. The van der Waals surface area contributed by atoms with Gasteiger partial charge in [0, 0.05) is 38.5 Å². The van der Waals surface area contributed by atoms with Gasteiger partial charge in [-0.25, -0.2) is 12.7 Å².